The van der Waals surface area contributed by atoms with E-state index >= 15 is 0 Å². The molecule has 0 atom stereocenters. The van der Waals surface area contributed by atoms with E-state index in [9.17, 15) is 0 Å². The van der Waals surface area contributed by atoms with Crippen molar-refractivity contribution in [2.24, 2.45) is 0 Å². The molecule has 0 radical (unpaired) electrons. The number of alkyl halides is 1. The monoisotopic (exact) mass is 252 g/mol. The van der Waals surface area contributed by atoms with Crippen LogP contribution in [0.15, 0.2) is 29.6 Å². The average Bonchev–Trinajstić information content (AvgIpc) is 2.73. The molecule has 4 heteroatoms. The molecule has 0 aliphatic carbocycles. The van der Waals surface area contributed by atoms with Gasteiger partial charge in [0.2, 0.25) is 0 Å². The fourth-order valence-electron chi connectivity index (χ4n) is 1.45. The minimum atomic E-state index is 0.547. The smallest absolute Gasteiger partial charge is 0.0898 e. The van der Waals surface area contributed by atoms with E-state index in [4.69, 9.17) is 11.6 Å². The highest BCUT2D eigenvalue weighted by molar-refractivity contribution is 7.09. The Morgan fingerprint density at radius 3 is 3.00 bits per heavy atom. The number of hydrogen-bond donors (Lipinski definition) is 1. The Bertz CT molecular complexity index is 468. The minimum Gasteiger partial charge on any atom is -0.379 e. The quantitative estimate of drug-likeness (QED) is 0.838. The normalized spacial score (nSPS) is 10.4. The second kappa shape index (κ2) is 5.32. The first kappa shape index (κ1) is 11.4. The Morgan fingerprint density at radius 1 is 1.44 bits per heavy atom. The van der Waals surface area contributed by atoms with Gasteiger partial charge in [-0.05, 0) is 24.6 Å². The fraction of sp³-hybridized carbons (Fsp3) is 0.250. The Labute approximate surface area is 104 Å². The van der Waals surface area contributed by atoms with Gasteiger partial charge >= 0.3 is 0 Å². The number of nitrogens with one attached hydrogen (secondary N) is 1. The zero-order valence-corrected chi connectivity index (χ0v) is 10.6. The molecule has 2 nitrogen and oxygen atoms in total. The van der Waals surface area contributed by atoms with E-state index in [-0.39, 0.29) is 0 Å². The number of aryl methyl sites for hydroxylation is 1. The second-order valence-electron chi connectivity index (χ2n) is 3.55. The Hall–Kier alpha value is -1.06. The van der Waals surface area contributed by atoms with Crippen LogP contribution >= 0.6 is 22.9 Å². The van der Waals surface area contributed by atoms with Crippen LogP contribution in [0.1, 0.15) is 16.3 Å². The van der Waals surface area contributed by atoms with E-state index in [0.29, 0.717) is 5.88 Å². The van der Waals surface area contributed by atoms with E-state index < -0.39 is 0 Å². The first-order valence-electron chi connectivity index (χ1n) is 5.08. The van der Waals surface area contributed by atoms with Crippen LogP contribution in [0.25, 0.3) is 0 Å². The maximum absolute atomic E-state index is 5.78. The minimum absolute atomic E-state index is 0.547. The molecule has 1 aromatic heterocycles. The van der Waals surface area contributed by atoms with E-state index in [1.807, 2.05) is 25.1 Å². The van der Waals surface area contributed by atoms with Crippen molar-refractivity contribution in [3.63, 3.8) is 0 Å². The average molecular weight is 253 g/mol. The molecule has 0 spiro atoms. The molecule has 1 N–H and O–H groups in total. The van der Waals surface area contributed by atoms with Gasteiger partial charge in [0.15, 0.2) is 0 Å². The topological polar surface area (TPSA) is 24.9 Å². The van der Waals surface area contributed by atoms with Crippen LogP contribution in [0.2, 0.25) is 0 Å². The van der Waals surface area contributed by atoms with Crippen LogP contribution in [-0.2, 0) is 12.4 Å². The number of anilines is 1. The first-order valence-corrected chi connectivity index (χ1v) is 6.49. The number of thiazole rings is 1. The van der Waals surface area contributed by atoms with Crippen LogP contribution in [0.3, 0.4) is 0 Å². The molecule has 0 aliphatic rings. The molecular weight excluding hydrogens is 240 g/mol. The number of benzene rings is 1. The Kier molecular flexibility index (Phi) is 3.80. The van der Waals surface area contributed by atoms with E-state index in [2.05, 4.69) is 21.7 Å². The first-order chi connectivity index (χ1) is 7.78. The maximum Gasteiger partial charge on any atom is 0.0898 e. The van der Waals surface area contributed by atoms with Crippen LogP contribution < -0.4 is 5.32 Å². The molecule has 2 rings (SSSR count). The van der Waals surface area contributed by atoms with Crippen molar-refractivity contribution < 1.29 is 0 Å². The zero-order chi connectivity index (χ0) is 11.4. The van der Waals surface area contributed by atoms with Crippen molar-refractivity contribution in [2.75, 3.05) is 5.32 Å². The number of halogens is 1. The van der Waals surface area contributed by atoms with Crippen LogP contribution in [-0.4, -0.2) is 4.98 Å². The van der Waals surface area contributed by atoms with Crippen LogP contribution in [0.5, 0.6) is 0 Å². The lowest BCUT2D eigenvalue weighted by Gasteiger charge is -2.05. The highest BCUT2D eigenvalue weighted by atomic mass is 35.5. The lowest BCUT2D eigenvalue weighted by molar-refractivity contribution is 1.05. The van der Waals surface area contributed by atoms with E-state index in [1.54, 1.807) is 11.3 Å². The molecule has 1 aromatic carbocycles. The summed E-state index contributed by atoms with van der Waals surface area (Å²) >= 11 is 7.46. The predicted molar refractivity (Wildman–Crippen MR) is 70.2 cm³/mol. The summed E-state index contributed by atoms with van der Waals surface area (Å²) in [4.78, 5) is 4.40. The van der Waals surface area contributed by atoms with Crippen molar-refractivity contribution in [3.05, 3.63) is 45.9 Å². The molecule has 0 amide bonds. The van der Waals surface area contributed by atoms with Gasteiger partial charge in [0.1, 0.15) is 0 Å². The number of hydrogen-bond acceptors (Lipinski definition) is 3. The summed E-state index contributed by atoms with van der Waals surface area (Å²) in [6.45, 7) is 2.78. The van der Waals surface area contributed by atoms with E-state index in [1.165, 1.54) is 0 Å². The summed E-state index contributed by atoms with van der Waals surface area (Å²) in [5, 5.41) is 6.51. The van der Waals surface area contributed by atoms with Gasteiger partial charge in [-0.25, -0.2) is 4.98 Å². The third-order valence-corrected chi connectivity index (χ3v) is 3.35. The van der Waals surface area contributed by atoms with Gasteiger partial charge in [-0.2, -0.15) is 0 Å². The van der Waals surface area contributed by atoms with Crippen molar-refractivity contribution >= 4 is 28.6 Å². The highest BCUT2D eigenvalue weighted by Gasteiger charge is 1.98. The molecule has 0 unspecified atom stereocenters. The highest BCUT2D eigenvalue weighted by Crippen LogP contribution is 2.14. The Balaban J connectivity index is 1.99. The van der Waals surface area contributed by atoms with Gasteiger partial charge in [0, 0.05) is 16.9 Å². The molecule has 1 heterocycles. The zero-order valence-electron chi connectivity index (χ0n) is 9.03. The summed E-state index contributed by atoms with van der Waals surface area (Å²) in [5.41, 5.74) is 3.30. The molecule has 0 saturated heterocycles. The lowest BCUT2D eigenvalue weighted by atomic mass is 10.2. The fourth-order valence-corrected chi connectivity index (χ4v) is 2.23. The summed E-state index contributed by atoms with van der Waals surface area (Å²) in [7, 11) is 0. The predicted octanol–water partition coefficient (Wildman–Crippen LogP) is 3.80. The molecule has 0 fully saturated rings. The molecule has 2 aromatic rings. The molecule has 0 saturated carbocycles. The summed E-state index contributed by atoms with van der Waals surface area (Å²) in [5.74, 6) is 0.547. The van der Waals surface area contributed by atoms with Crippen molar-refractivity contribution in [1.82, 2.24) is 4.98 Å². The number of nitrogens with zero attached hydrogens (tertiary/aromatic N) is 1. The van der Waals surface area contributed by atoms with Gasteiger partial charge in [-0.3, -0.25) is 0 Å². The summed E-state index contributed by atoms with van der Waals surface area (Å²) in [6, 6.07) is 8.12. The third kappa shape index (κ3) is 2.97. The largest absolute Gasteiger partial charge is 0.379 e. The molecule has 0 bridgehead atoms. The van der Waals surface area contributed by atoms with Crippen LogP contribution in [0.4, 0.5) is 5.69 Å². The molecule has 84 valence electrons. The second-order valence-corrected chi connectivity index (χ2v) is 4.87. The van der Waals surface area contributed by atoms with Crippen molar-refractivity contribution in [3.8, 4) is 0 Å². The van der Waals surface area contributed by atoms with Gasteiger partial charge in [0.05, 0.1) is 17.2 Å². The van der Waals surface area contributed by atoms with Gasteiger partial charge in [0.25, 0.3) is 0 Å². The number of rotatable bonds is 4. The Morgan fingerprint density at radius 2 is 2.31 bits per heavy atom. The van der Waals surface area contributed by atoms with Gasteiger partial charge in [-0.1, -0.05) is 12.1 Å². The summed E-state index contributed by atoms with van der Waals surface area (Å²) < 4.78 is 0. The van der Waals surface area contributed by atoms with Crippen molar-refractivity contribution in [2.45, 2.75) is 19.3 Å². The standard InChI is InChI=1S/C12H13ClN2S/c1-9-15-12(8-16-9)7-14-11-4-2-3-10(5-11)6-13/h2-5,8,14H,6-7H2,1H3. The SMILES string of the molecule is Cc1nc(CNc2cccc(CCl)c2)cs1. The van der Waals surface area contributed by atoms with Crippen LogP contribution in [0, 0.1) is 6.92 Å². The lowest BCUT2D eigenvalue weighted by Crippen LogP contribution is -1.99. The molecule has 16 heavy (non-hydrogen) atoms. The number of aromatic nitrogens is 1. The third-order valence-electron chi connectivity index (χ3n) is 2.22. The van der Waals surface area contributed by atoms with Gasteiger partial charge < -0.3 is 5.32 Å². The van der Waals surface area contributed by atoms with Crippen molar-refractivity contribution in [1.29, 1.82) is 0 Å². The maximum atomic E-state index is 5.78. The molecule has 0 aliphatic heterocycles. The summed E-state index contributed by atoms with van der Waals surface area (Å²) in [6.07, 6.45) is 0. The van der Waals surface area contributed by atoms with E-state index in [0.717, 1.165) is 28.5 Å². The van der Waals surface area contributed by atoms with Gasteiger partial charge in [-0.15, -0.1) is 22.9 Å². The molecular formula is C12H13ClN2S.